The maximum absolute atomic E-state index is 11.7. The van der Waals surface area contributed by atoms with Gasteiger partial charge in [-0.2, -0.15) is 0 Å². The molecule has 0 bridgehead atoms. The normalized spacial score (nSPS) is 26.9. The maximum Gasteiger partial charge on any atom is 0.155 e. The second-order valence-electron chi connectivity index (χ2n) is 5.58. The molecule has 0 saturated carbocycles. The standard InChI is InChI=1S/C17H20O/c1-2-17-11-10-15(18)12-14(17)8-5-7-13-6-3-4-9-16(13)17/h3-4,6,9,12H,2,5,7-8,10-11H2,1H3. The largest absolute Gasteiger partial charge is 0.295 e. The lowest BCUT2D eigenvalue weighted by Crippen LogP contribution is -2.32. The van der Waals surface area contributed by atoms with Gasteiger partial charge in [-0.25, -0.2) is 0 Å². The van der Waals surface area contributed by atoms with Crippen LogP contribution in [0.3, 0.4) is 0 Å². The highest BCUT2D eigenvalue weighted by Crippen LogP contribution is 2.47. The summed E-state index contributed by atoms with van der Waals surface area (Å²) in [4.78, 5) is 11.7. The summed E-state index contributed by atoms with van der Waals surface area (Å²) in [5, 5.41) is 0. The Balaban J connectivity index is 2.21. The molecule has 0 amide bonds. The summed E-state index contributed by atoms with van der Waals surface area (Å²) in [7, 11) is 0. The molecule has 0 spiro atoms. The summed E-state index contributed by atoms with van der Waals surface area (Å²) in [6, 6.07) is 8.85. The van der Waals surface area contributed by atoms with Gasteiger partial charge in [-0.05, 0) is 49.3 Å². The quantitative estimate of drug-likeness (QED) is 0.726. The van der Waals surface area contributed by atoms with E-state index in [4.69, 9.17) is 0 Å². The van der Waals surface area contributed by atoms with E-state index in [1.54, 1.807) is 0 Å². The number of aryl methyl sites for hydroxylation is 1. The van der Waals surface area contributed by atoms with Crippen molar-refractivity contribution in [3.63, 3.8) is 0 Å². The Hall–Kier alpha value is -1.37. The lowest BCUT2D eigenvalue weighted by atomic mass is 9.65. The number of benzene rings is 1. The van der Waals surface area contributed by atoms with Crippen LogP contribution in [0.15, 0.2) is 35.9 Å². The van der Waals surface area contributed by atoms with Crippen LogP contribution >= 0.6 is 0 Å². The first kappa shape index (κ1) is 11.7. The third-order valence-corrected chi connectivity index (χ3v) is 4.78. The van der Waals surface area contributed by atoms with Crippen molar-refractivity contribution in [2.24, 2.45) is 0 Å². The average molecular weight is 240 g/mol. The Labute approximate surface area is 109 Å². The first-order chi connectivity index (χ1) is 8.76. The Kier molecular flexibility index (Phi) is 2.85. The third kappa shape index (κ3) is 1.65. The topological polar surface area (TPSA) is 17.1 Å². The van der Waals surface area contributed by atoms with Gasteiger partial charge in [0.15, 0.2) is 5.78 Å². The van der Waals surface area contributed by atoms with Gasteiger partial charge in [-0.3, -0.25) is 4.79 Å². The summed E-state index contributed by atoms with van der Waals surface area (Å²) >= 11 is 0. The van der Waals surface area contributed by atoms with E-state index in [2.05, 4.69) is 31.2 Å². The predicted molar refractivity (Wildman–Crippen MR) is 73.7 cm³/mol. The van der Waals surface area contributed by atoms with Crippen molar-refractivity contribution in [1.82, 2.24) is 0 Å². The van der Waals surface area contributed by atoms with Gasteiger partial charge in [0.25, 0.3) is 0 Å². The number of carbonyl (C=O) groups is 1. The predicted octanol–water partition coefficient (Wildman–Crippen LogP) is 3.96. The van der Waals surface area contributed by atoms with Crippen molar-refractivity contribution < 1.29 is 4.79 Å². The molecule has 0 N–H and O–H groups in total. The van der Waals surface area contributed by atoms with E-state index in [9.17, 15) is 4.79 Å². The minimum Gasteiger partial charge on any atom is -0.295 e. The molecular weight excluding hydrogens is 220 g/mol. The summed E-state index contributed by atoms with van der Waals surface area (Å²) in [5.41, 5.74) is 4.54. The highest BCUT2D eigenvalue weighted by molar-refractivity contribution is 5.92. The zero-order chi connectivity index (χ0) is 12.6. The molecule has 3 rings (SSSR count). The number of hydrogen-bond donors (Lipinski definition) is 0. The monoisotopic (exact) mass is 240 g/mol. The number of carbonyl (C=O) groups excluding carboxylic acids is 1. The molecular formula is C17H20O. The van der Waals surface area contributed by atoms with Crippen LogP contribution in [-0.4, -0.2) is 5.78 Å². The van der Waals surface area contributed by atoms with Crippen LogP contribution in [0.1, 0.15) is 50.2 Å². The minimum atomic E-state index is 0.154. The van der Waals surface area contributed by atoms with Gasteiger partial charge in [-0.15, -0.1) is 0 Å². The smallest absolute Gasteiger partial charge is 0.155 e. The molecule has 1 unspecified atom stereocenters. The van der Waals surface area contributed by atoms with E-state index in [-0.39, 0.29) is 5.41 Å². The van der Waals surface area contributed by atoms with E-state index in [0.717, 1.165) is 25.7 Å². The highest BCUT2D eigenvalue weighted by Gasteiger charge is 2.39. The van der Waals surface area contributed by atoms with Gasteiger partial charge >= 0.3 is 0 Å². The maximum atomic E-state index is 11.7. The van der Waals surface area contributed by atoms with Crippen LogP contribution in [0.4, 0.5) is 0 Å². The molecule has 18 heavy (non-hydrogen) atoms. The Morgan fingerprint density at radius 1 is 1.17 bits per heavy atom. The van der Waals surface area contributed by atoms with Crippen molar-refractivity contribution in [2.45, 2.75) is 50.9 Å². The Bertz CT molecular complexity index is 512. The minimum absolute atomic E-state index is 0.154. The summed E-state index contributed by atoms with van der Waals surface area (Å²) in [5.74, 6) is 0.327. The lowest BCUT2D eigenvalue weighted by molar-refractivity contribution is -0.115. The van der Waals surface area contributed by atoms with E-state index in [0.29, 0.717) is 12.2 Å². The summed E-state index contributed by atoms with van der Waals surface area (Å²) < 4.78 is 0. The van der Waals surface area contributed by atoms with Crippen molar-refractivity contribution >= 4 is 5.78 Å². The van der Waals surface area contributed by atoms with Crippen LogP contribution in [0.2, 0.25) is 0 Å². The average Bonchev–Trinajstić information content (AvgIpc) is 2.55. The molecule has 1 nitrogen and oxygen atoms in total. The molecule has 2 aliphatic rings. The van der Waals surface area contributed by atoms with Gasteiger partial charge in [0.1, 0.15) is 0 Å². The molecule has 1 atom stereocenters. The zero-order valence-electron chi connectivity index (χ0n) is 11.0. The van der Waals surface area contributed by atoms with E-state index in [1.165, 1.54) is 23.1 Å². The van der Waals surface area contributed by atoms with Crippen molar-refractivity contribution in [3.8, 4) is 0 Å². The summed E-state index contributed by atoms with van der Waals surface area (Å²) in [6.07, 6.45) is 8.21. The van der Waals surface area contributed by atoms with Crippen LogP contribution < -0.4 is 0 Å². The summed E-state index contributed by atoms with van der Waals surface area (Å²) in [6.45, 7) is 2.27. The fourth-order valence-corrected chi connectivity index (χ4v) is 3.79. The number of rotatable bonds is 1. The number of allylic oxidation sites excluding steroid dienone is 2. The van der Waals surface area contributed by atoms with Crippen molar-refractivity contribution in [3.05, 3.63) is 47.0 Å². The second kappa shape index (κ2) is 4.38. The van der Waals surface area contributed by atoms with Gasteiger partial charge < -0.3 is 0 Å². The molecule has 0 heterocycles. The molecule has 1 aromatic rings. The van der Waals surface area contributed by atoms with Crippen LogP contribution in [0.25, 0.3) is 0 Å². The van der Waals surface area contributed by atoms with Crippen molar-refractivity contribution in [2.75, 3.05) is 0 Å². The van der Waals surface area contributed by atoms with Crippen LogP contribution in [0.5, 0.6) is 0 Å². The van der Waals surface area contributed by atoms with Gasteiger partial charge in [0.2, 0.25) is 0 Å². The molecule has 2 aliphatic carbocycles. The molecule has 1 aromatic carbocycles. The van der Waals surface area contributed by atoms with E-state index < -0.39 is 0 Å². The van der Waals surface area contributed by atoms with Gasteiger partial charge in [0, 0.05) is 11.8 Å². The fraction of sp³-hybridized carbons (Fsp3) is 0.471. The Morgan fingerprint density at radius 2 is 2.00 bits per heavy atom. The molecule has 94 valence electrons. The number of ketones is 1. The van der Waals surface area contributed by atoms with Crippen molar-refractivity contribution in [1.29, 1.82) is 0 Å². The SMILES string of the molecule is CCC12CCC(=O)C=C1CCCc1ccccc12. The highest BCUT2D eigenvalue weighted by atomic mass is 16.1. The van der Waals surface area contributed by atoms with Gasteiger partial charge in [0.05, 0.1) is 0 Å². The zero-order valence-corrected chi connectivity index (χ0v) is 11.0. The molecule has 1 heteroatoms. The van der Waals surface area contributed by atoms with Gasteiger partial charge in [-0.1, -0.05) is 36.8 Å². The molecule has 0 aliphatic heterocycles. The second-order valence-corrected chi connectivity index (χ2v) is 5.58. The van der Waals surface area contributed by atoms with E-state index in [1.807, 2.05) is 6.08 Å². The molecule has 0 saturated heterocycles. The molecule has 0 radical (unpaired) electrons. The van der Waals surface area contributed by atoms with Crippen LogP contribution in [-0.2, 0) is 16.6 Å². The molecule has 0 fully saturated rings. The first-order valence-electron chi connectivity index (χ1n) is 7.08. The fourth-order valence-electron chi connectivity index (χ4n) is 3.79. The number of hydrogen-bond acceptors (Lipinski definition) is 1. The molecule has 0 aromatic heterocycles. The third-order valence-electron chi connectivity index (χ3n) is 4.78. The lowest BCUT2D eigenvalue weighted by Gasteiger charge is -2.38. The Morgan fingerprint density at radius 3 is 2.83 bits per heavy atom. The van der Waals surface area contributed by atoms with Crippen LogP contribution in [0, 0.1) is 0 Å². The first-order valence-corrected chi connectivity index (χ1v) is 7.08. The number of fused-ring (bicyclic) bond motifs is 3. The van der Waals surface area contributed by atoms with E-state index >= 15 is 0 Å².